The summed E-state index contributed by atoms with van der Waals surface area (Å²) in [6.45, 7) is 5.01. The van der Waals surface area contributed by atoms with Crippen LogP contribution in [0.1, 0.15) is 45.3 Å². The molecule has 0 spiro atoms. The van der Waals surface area contributed by atoms with Gasteiger partial charge in [-0.15, -0.1) is 0 Å². The lowest BCUT2D eigenvalue weighted by Crippen LogP contribution is -2.39. The molecule has 0 N–H and O–H groups in total. The lowest BCUT2D eigenvalue weighted by atomic mass is 9.69. The normalized spacial score (nSPS) is 24.8. The van der Waals surface area contributed by atoms with Crippen molar-refractivity contribution in [2.75, 3.05) is 0 Å². The van der Waals surface area contributed by atoms with Crippen molar-refractivity contribution in [3.05, 3.63) is 35.8 Å². The Morgan fingerprint density at radius 3 is 2.84 bits per heavy atom. The number of hydrogen-bond acceptors (Lipinski definition) is 4. The molecule has 0 aliphatic heterocycles. The van der Waals surface area contributed by atoms with Gasteiger partial charge in [0, 0.05) is 12.5 Å². The first kappa shape index (κ1) is 13.6. The van der Waals surface area contributed by atoms with Crippen molar-refractivity contribution in [1.29, 1.82) is 0 Å². The van der Waals surface area contributed by atoms with Crippen LogP contribution in [0.2, 0.25) is 0 Å². The molecule has 0 bridgehead atoms. The van der Waals surface area contributed by atoms with Crippen molar-refractivity contribution < 1.29 is 18.7 Å². The van der Waals surface area contributed by atoms with Gasteiger partial charge in [0.15, 0.2) is 5.78 Å². The van der Waals surface area contributed by atoms with E-state index in [-0.39, 0.29) is 5.78 Å². The van der Waals surface area contributed by atoms with Gasteiger partial charge in [-0.25, -0.2) is 0 Å². The summed E-state index contributed by atoms with van der Waals surface area (Å²) in [5.41, 5.74) is 0.726. The molecule has 102 valence electrons. The number of furan rings is 1. The summed E-state index contributed by atoms with van der Waals surface area (Å²) in [7, 11) is 0. The Kier molecular flexibility index (Phi) is 3.60. The molecule has 0 fully saturated rings. The smallest absolute Gasteiger partial charge is 0.303 e. The van der Waals surface area contributed by atoms with E-state index in [0.717, 1.165) is 17.6 Å². The quantitative estimate of drug-likeness (QED) is 0.785. The molecule has 0 unspecified atom stereocenters. The van der Waals surface area contributed by atoms with Crippen LogP contribution in [0.5, 0.6) is 0 Å². The Morgan fingerprint density at radius 1 is 1.53 bits per heavy atom. The maximum absolute atomic E-state index is 12.5. The second kappa shape index (κ2) is 5.03. The number of allylic oxidation sites excluding steroid dienone is 2. The van der Waals surface area contributed by atoms with Gasteiger partial charge in [-0.2, -0.15) is 0 Å². The SMILES string of the molecule is CC(=O)O[C@@H](c1ccoc1)[C@]1(C)CCC=C(C)C1=O. The first-order valence-corrected chi connectivity index (χ1v) is 6.36. The van der Waals surface area contributed by atoms with E-state index in [9.17, 15) is 9.59 Å². The summed E-state index contributed by atoms with van der Waals surface area (Å²) in [6, 6.07) is 1.74. The van der Waals surface area contributed by atoms with Crippen molar-refractivity contribution in [3.63, 3.8) is 0 Å². The molecule has 19 heavy (non-hydrogen) atoms. The summed E-state index contributed by atoms with van der Waals surface area (Å²) in [5, 5.41) is 0. The van der Waals surface area contributed by atoms with Gasteiger partial charge < -0.3 is 9.15 Å². The number of ketones is 1. The molecule has 1 aliphatic carbocycles. The molecule has 1 aromatic heterocycles. The monoisotopic (exact) mass is 262 g/mol. The third-order valence-corrected chi connectivity index (χ3v) is 3.70. The lowest BCUT2D eigenvalue weighted by molar-refractivity contribution is -0.158. The molecule has 0 amide bonds. The van der Waals surface area contributed by atoms with Gasteiger partial charge in [0.05, 0.1) is 17.9 Å². The van der Waals surface area contributed by atoms with Crippen LogP contribution >= 0.6 is 0 Å². The second-order valence-electron chi connectivity index (χ2n) is 5.22. The molecule has 0 saturated heterocycles. The second-order valence-corrected chi connectivity index (χ2v) is 5.22. The van der Waals surface area contributed by atoms with Crippen LogP contribution in [0, 0.1) is 5.41 Å². The van der Waals surface area contributed by atoms with E-state index in [0.29, 0.717) is 6.42 Å². The minimum Gasteiger partial charge on any atom is -0.472 e. The van der Waals surface area contributed by atoms with Crippen molar-refractivity contribution in [3.8, 4) is 0 Å². The summed E-state index contributed by atoms with van der Waals surface area (Å²) in [6.07, 6.45) is 5.85. The summed E-state index contributed by atoms with van der Waals surface area (Å²) in [5.74, 6) is -0.362. The highest BCUT2D eigenvalue weighted by Gasteiger charge is 2.46. The zero-order valence-corrected chi connectivity index (χ0v) is 11.4. The van der Waals surface area contributed by atoms with E-state index in [2.05, 4.69) is 0 Å². The van der Waals surface area contributed by atoms with Gasteiger partial charge in [0.2, 0.25) is 0 Å². The van der Waals surface area contributed by atoms with Crippen LogP contribution < -0.4 is 0 Å². The average molecular weight is 262 g/mol. The molecule has 0 saturated carbocycles. The fourth-order valence-electron chi connectivity index (χ4n) is 2.65. The predicted molar refractivity (Wildman–Crippen MR) is 69.3 cm³/mol. The van der Waals surface area contributed by atoms with E-state index < -0.39 is 17.5 Å². The Balaban J connectivity index is 2.40. The first-order chi connectivity index (χ1) is 8.95. The number of carbonyl (C=O) groups excluding carboxylic acids is 2. The summed E-state index contributed by atoms with van der Waals surface area (Å²) in [4.78, 5) is 23.8. The molecule has 1 aromatic rings. The Labute approximate surface area is 112 Å². The van der Waals surface area contributed by atoms with Crippen LogP contribution in [0.4, 0.5) is 0 Å². The molecule has 4 nitrogen and oxygen atoms in total. The van der Waals surface area contributed by atoms with Gasteiger partial charge in [-0.05, 0) is 38.3 Å². The minimum absolute atomic E-state index is 0.0335. The number of hydrogen-bond donors (Lipinski definition) is 0. The zero-order chi connectivity index (χ0) is 14.0. The van der Waals surface area contributed by atoms with Crippen molar-refractivity contribution >= 4 is 11.8 Å². The molecular weight excluding hydrogens is 244 g/mol. The topological polar surface area (TPSA) is 56.5 Å². The van der Waals surface area contributed by atoms with Gasteiger partial charge in [-0.1, -0.05) is 6.08 Å². The Bertz CT molecular complexity index is 512. The fourth-order valence-corrected chi connectivity index (χ4v) is 2.65. The van der Waals surface area contributed by atoms with Crippen LogP contribution in [0.25, 0.3) is 0 Å². The maximum Gasteiger partial charge on any atom is 0.303 e. The highest BCUT2D eigenvalue weighted by molar-refractivity contribution is 6.00. The van der Waals surface area contributed by atoms with Crippen LogP contribution in [-0.4, -0.2) is 11.8 Å². The van der Waals surface area contributed by atoms with Crippen LogP contribution in [0.15, 0.2) is 34.7 Å². The first-order valence-electron chi connectivity index (χ1n) is 6.36. The molecule has 0 aromatic carbocycles. The van der Waals surface area contributed by atoms with Crippen LogP contribution in [-0.2, 0) is 14.3 Å². The van der Waals surface area contributed by atoms with Crippen LogP contribution in [0.3, 0.4) is 0 Å². The van der Waals surface area contributed by atoms with Crippen molar-refractivity contribution in [2.45, 2.75) is 39.7 Å². The van der Waals surface area contributed by atoms with Gasteiger partial charge in [-0.3, -0.25) is 9.59 Å². The number of ether oxygens (including phenoxy) is 1. The number of carbonyl (C=O) groups is 2. The third-order valence-electron chi connectivity index (χ3n) is 3.70. The van der Waals surface area contributed by atoms with Gasteiger partial charge in [0.25, 0.3) is 0 Å². The highest BCUT2D eigenvalue weighted by Crippen LogP contribution is 2.45. The van der Waals surface area contributed by atoms with Gasteiger partial charge >= 0.3 is 5.97 Å². The number of rotatable bonds is 3. The third kappa shape index (κ3) is 2.48. The molecule has 1 aliphatic rings. The maximum atomic E-state index is 12.5. The Hall–Kier alpha value is -1.84. The molecule has 1 heterocycles. The summed E-state index contributed by atoms with van der Waals surface area (Å²) >= 11 is 0. The number of esters is 1. The fraction of sp³-hybridized carbons (Fsp3) is 0.467. The van der Waals surface area contributed by atoms with E-state index in [4.69, 9.17) is 9.15 Å². The predicted octanol–water partition coefficient (Wildman–Crippen LogP) is 3.20. The van der Waals surface area contributed by atoms with Crippen molar-refractivity contribution in [1.82, 2.24) is 0 Å². The van der Waals surface area contributed by atoms with E-state index in [1.807, 2.05) is 13.0 Å². The molecule has 0 radical (unpaired) electrons. The van der Waals surface area contributed by atoms with Crippen molar-refractivity contribution in [2.24, 2.45) is 5.41 Å². The minimum atomic E-state index is -0.728. The van der Waals surface area contributed by atoms with Gasteiger partial charge in [0.1, 0.15) is 6.10 Å². The Morgan fingerprint density at radius 2 is 2.26 bits per heavy atom. The largest absolute Gasteiger partial charge is 0.472 e. The van der Waals surface area contributed by atoms with E-state index >= 15 is 0 Å². The molecule has 4 heteroatoms. The van der Waals surface area contributed by atoms with E-state index in [1.54, 1.807) is 13.0 Å². The number of Topliss-reactive ketones (excluding diaryl/α,β-unsaturated/α-hetero) is 1. The highest BCUT2D eigenvalue weighted by atomic mass is 16.5. The zero-order valence-electron chi connectivity index (χ0n) is 11.4. The molecular formula is C15H18O4. The average Bonchev–Trinajstić information content (AvgIpc) is 2.86. The molecule has 2 rings (SSSR count). The molecule has 2 atom stereocenters. The van der Waals surface area contributed by atoms with E-state index in [1.165, 1.54) is 19.5 Å². The lowest BCUT2D eigenvalue weighted by Gasteiger charge is -2.37. The summed E-state index contributed by atoms with van der Waals surface area (Å²) < 4.78 is 10.5. The standard InChI is InChI=1S/C15H18O4/c1-10-5-4-7-15(3,13(10)17)14(19-11(2)16)12-6-8-18-9-12/h5-6,8-9,14H,4,7H2,1-3H3/t14-,15+/m0/s1.